The van der Waals surface area contributed by atoms with Gasteiger partial charge in [-0.15, -0.1) is 0 Å². The molecule has 1 aliphatic rings. The quantitative estimate of drug-likeness (QED) is 0.728. The lowest BCUT2D eigenvalue weighted by atomic mass is 10.1. The molecule has 0 radical (unpaired) electrons. The molecular formula is C22H24N2O5. The van der Waals surface area contributed by atoms with Crippen molar-refractivity contribution in [3.05, 3.63) is 54.1 Å². The summed E-state index contributed by atoms with van der Waals surface area (Å²) in [6.45, 7) is 1.91. The lowest BCUT2D eigenvalue weighted by Gasteiger charge is -2.17. The monoisotopic (exact) mass is 396 g/mol. The van der Waals surface area contributed by atoms with E-state index in [4.69, 9.17) is 9.47 Å². The summed E-state index contributed by atoms with van der Waals surface area (Å²) in [6.07, 6.45) is 0.996. The van der Waals surface area contributed by atoms with Crippen LogP contribution in [0.25, 0.3) is 0 Å². The van der Waals surface area contributed by atoms with Crippen LogP contribution >= 0.6 is 0 Å². The third-order valence-corrected chi connectivity index (χ3v) is 4.83. The summed E-state index contributed by atoms with van der Waals surface area (Å²) < 4.78 is 10.2. The number of nitrogens with one attached hydrogen (secondary N) is 1. The van der Waals surface area contributed by atoms with Gasteiger partial charge in [-0.2, -0.15) is 0 Å². The van der Waals surface area contributed by atoms with E-state index < -0.39 is 24.4 Å². The predicted octanol–water partition coefficient (Wildman–Crippen LogP) is 2.79. The van der Waals surface area contributed by atoms with Gasteiger partial charge in [0.25, 0.3) is 5.91 Å². The van der Waals surface area contributed by atoms with Gasteiger partial charge in [0.05, 0.1) is 13.0 Å². The summed E-state index contributed by atoms with van der Waals surface area (Å²) >= 11 is 0. The molecule has 1 N–H and O–H groups in total. The van der Waals surface area contributed by atoms with Crippen molar-refractivity contribution in [1.29, 1.82) is 0 Å². The van der Waals surface area contributed by atoms with Crippen molar-refractivity contribution >= 4 is 29.2 Å². The summed E-state index contributed by atoms with van der Waals surface area (Å²) in [7, 11) is 1.56. The zero-order valence-electron chi connectivity index (χ0n) is 16.5. The molecule has 1 unspecified atom stereocenters. The highest BCUT2D eigenvalue weighted by Crippen LogP contribution is 2.26. The molecule has 0 bridgehead atoms. The molecule has 0 spiro atoms. The lowest BCUT2D eigenvalue weighted by molar-refractivity contribution is -0.151. The van der Waals surface area contributed by atoms with E-state index in [0.29, 0.717) is 11.4 Å². The van der Waals surface area contributed by atoms with Gasteiger partial charge < -0.3 is 19.7 Å². The maximum atomic E-state index is 12.3. The van der Waals surface area contributed by atoms with Gasteiger partial charge in [-0.05, 0) is 48.4 Å². The van der Waals surface area contributed by atoms with Crippen LogP contribution in [0.15, 0.2) is 48.5 Å². The van der Waals surface area contributed by atoms with Crippen molar-refractivity contribution < 1.29 is 23.9 Å². The van der Waals surface area contributed by atoms with E-state index in [0.717, 1.165) is 12.1 Å². The fraction of sp³-hybridized carbons (Fsp3) is 0.318. The zero-order chi connectivity index (χ0) is 20.8. The number of carbonyl (C=O) groups excluding carboxylic acids is 3. The minimum Gasteiger partial charge on any atom is -0.497 e. The molecule has 1 saturated heterocycles. The summed E-state index contributed by atoms with van der Waals surface area (Å²) in [4.78, 5) is 38.2. The van der Waals surface area contributed by atoms with Crippen LogP contribution < -0.4 is 15.0 Å². The number of aryl methyl sites for hydroxylation is 1. The van der Waals surface area contributed by atoms with E-state index in [-0.39, 0.29) is 18.9 Å². The number of rotatable bonds is 7. The molecule has 0 aromatic heterocycles. The maximum absolute atomic E-state index is 12.3. The highest BCUT2D eigenvalue weighted by atomic mass is 16.5. The second kappa shape index (κ2) is 9.23. The first-order valence-corrected chi connectivity index (χ1v) is 9.50. The maximum Gasteiger partial charge on any atom is 0.311 e. The fourth-order valence-electron chi connectivity index (χ4n) is 3.15. The molecule has 2 aromatic carbocycles. The zero-order valence-corrected chi connectivity index (χ0v) is 16.5. The van der Waals surface area contributed by atoms with E-state index in [1.807, 2.05) is 24.3 Å². The van der Waals surface area contributed by atoms with Crippen LogP contribution in [0, 0.1) is 5.92 Å². The standard InChI is InChI=1S/C22H24N2O5/c1-3-15-4-8-18(9-5-15)24-13-16(12-21(24)26)22(27)29-14-20(25)23-17-6-10-19(28-2)11-7-17/h4-11,16H,3,12-14H2,1-2H3,(H,23,25). The summed E-state index contributed by atoms with van der Waals surface area (Å²) in [6, 6.07) is 14.5. The second-order valence-electron chi connectivity index (χ2n) is 6.81. The van der Waals surface area contributed by atoms with Gasteiger partial charge in [0, 0.05) is 24.3 Å². The molecule has 1 atom stereocenters. The first-order chi connectivity index (χ1) is 14.0. The SMILES string of the molecule is CCc1ccc(N2CC(C(=O)OCC(=O)Nc3ccc(OC)cc3)CC2=O)cc1. The van der Waals surface area contributed by atoms with E-state index >= 15 is 0 Å². The second-order valence-corrected chi connectivity index (χ2v) is 6.81. The number of anilines is 2. The van der Waals surface area contributed by atoms with Crippen LogP contribution in [0.5, 0.6) is 5.75 Å². The normalized spacial score (nSPS) is 15.9. The fourth-order valence-corrected chi connectivity index (χ4v) is 3.15. The Balaban J connectivity index is 1.50. The van der Waals surface area contributed by atoms with Crippen molar-refractivity contribution in [2.24, 2.45) is 5.92 Å². The van der Waals surface area contributed by atoms with Crippen molar-refractivity contribution in [2.45, 2.75) is 19.8 Å². The van der Waals surface area contributed by atoms with Gasteiger partial charge >= 0.3 is 5.97 Å². The predicted molar refractivity (Wildman–Crippen MR) is 109 cm³/mol. The molecule has 0 saturated carbocycles. The number of amides is 2. The Morgan fingerprint density at radius 2 is 1.79 bits per heavy atom. The van der Waals surface area contributed by atoms with Crippen LogP contribution in [0.2, 0.25) is 0 Å². The Morgan fingerprint density at radius 3 is 2.41 bits per heavy atom. The van der Waals surface area contributed by atoms with Crippen LogP contribution in [0.4, 0.5) is 11.4 Å². The van der Waals surface area contributed by atoms with Crippen LogP contribution in [0.3, 0.4) is 0 Å². The topological polar surface area (TPSA) is 84.9 Å². The Labute approximate surface area is 169 Å². The molecule has 1 heterocycles. The van der Waals surface area contributed by atoms with Crippen molar-refractivity contribution in [1.82, 2.24) is 0 Å². The smallest absolute Gasteiger partial charge is 0.311 e. The molecule has 152 valence electrons. The van der Waals surface area contributed by atoms with E-state index in [1.54, 1.807) is 36.3 Å². The van der Waals surface area contributed by atoms with Gasteiger partial charge in [-0.25, -0.2) is 0 Å². The summed E-state index contributed by atoms with van der Waals surface area (Å²) in [5, 5.41) is 2.64. The first kappa shape index (κ1) is 20.4. The number of hydrogen-bond donors (Lipinski definition) is 1. The van der Waals surface area contributed by atoms with E-state index in [1.165, 1.54) is 5.56 Å². The number of carbonyl (C=O) groups is 3. The molecule has 2 aromatic rings. The molecule has 7 heteroatoms. The number of benzene rings is 2. The van der Waals surface area contributed by atoms with Gasteiger partial charge in [0.1, 0.15) is 5.75 Å². The molecular weight excluding hydrogens is 372 g/mol. The van der Waals surface area contributed by atoms with Crippen molar-refractivity contribution in [3.63, 3.8) is 0 Å². The number of nitrogens with zero attached hydrogens (tertiary/aromatic N) is 1. The third kappa shape index (κ3) is 5.13. The average molecular weight is 396 g/mol. The van der Waals surface area contributed by atoms with Crippen molar-refractivity contribution in [3.8, 4) is 5.75 Å². The summed E-state index contributed by atoms with van der Waals surface area (Å²) in [5.74, 6) is -1.02. The van der Waals surface area contributed by atoms with Crippen molar-refractivity contribution in [2.75, 3.05) is 30.5 Å². The Bertz CT molecular complexity index is 877. The molecule has 1 fully saturated rings. The Hall–Kier alpha value is -3.35. The van der Waals surface area contributed by atoms with Crippen LogP contribution in [-0.4, -0.2) is 38.0 Å². The largest absolute Gasteiger partial charge is 0.497 e. The Morgan fingerprint density at radius 1 is 1.10 bits per heavy atom. The van der Waals surface area contributed by atoms with Gasteiger partial charge in [0.2, 0.25) is 5.91 Å². The molecule has 29 heavy (non-hydrogen) atoms. The highest BCUT2D eigenvalue weighted by Gasteiger charge is 2.36. The average Bonchev–Trinajstić information content (AvgIpc) is 3.14. The highest BCUT2D eigenvalue weighted by molar-refractivity contribution is 6.00. The number of hydrogen-bond acceptors (Lipinski definition) is 5. The summed E-state index contributed by atoms with van der Waals surface area (Å²) in [5.41, 5.74) is 2.52. The van der Waals surface area contributed by atoms with Crippen LogP contribution in [0.1, 0.15) is 18.9 Å². The molecule has 2 amide bonds. The van der Waals surface area contributed by atoms with E-state index in [2.05, 4.69) is 12.2 Å². The number of esters is 1. The Kier molecular flexibility index (Phi) is 6.49. The number of ether oxygens (including phenoxy) is 2. The van der Waals surface area contributed by atoms with Gasteiger partial charge in [0.15, 0.2) is 6.61 Å². The number of methoxy groups -OCH3 is 1. The van der Waals surface area contributed by atoms with E-state index in [9.17, 15) is 14.4 Å². The molecule has 3 rings (SSSR count). The van der Waals surface area contributed by atoms with Gasteiger partial charge in [-0.3, -0.25) is 14.4 Å². The minimum atomic E-state index is -0.581. The van der Waals surface area contributed by atoms with Crippen LogP contribution in [-0.2, 0) is 25.5 Å². The first-order valence-electron chi connectivity index (χ1n) is 9.50. The molecule has 1 aliphatic heterocycles. The molecule has 0 aliphatic carbocycles. The lowest BCUT2D eigenvalue weighted by Crippen LogP contribution is -2.28. The third-order valence-electron chi connectivity index (χ3n) is 4.83. The minimum absolute atomic E-state index is 0.0778. The van der Waals surface area contributed by atoms with Gasteiger partial charge in [-0.1, -0.05) is 19.1 Å². The molecule has 7 nitrogen and oxygen atoms in total.